The van der Waals surface area contributed by atoms with E-state index in [2.05, 4.69) is 20.6 Å². The van der Waals surface area contributed by atoms with Gasteiger partial charge in [0.15, 0.2) is 6.10 Å². The minimum atomic E-state index is -0.696. The van der Waals surface area contributed by atoms with Gasteiger partial charge in [-0.3, -0.25) is 9.78 Å². The number of fused-ring (bicyclic) bond motifs is 2. The quantitative estimate of drug-likeness (QED) is 0.641. The molecule has 3 aromatic rings. The number of nitrogens with one attached hydrogen (secondary N) is 2. The van der Waals surface area contributed by atoms with Gasteiger partial charge in [0.05, 0.1) is 18.8 Å². The lowest BCUT2D eigenvalue weighted by Gasteiger charge is -2.45. The number of carbonyl (C=O) groups excluding carboxylic acids is 2. The molecule has 2 N–H and O–H groups in total. The summed E-state index contributed by atoms with van der Waals surface area (Å²) in [5.74, 6) is 0.642. The summed E-state index contributed by atoms with van der Waals surface area (Å²) in [7, 11) is 0. The van der Waals surface area contributed by atoms with Crippen molar-refractivity contribution in [3.05, 3.63) is 78.6 Å². The number of nitrogens with zero attached hydrogens (tertiary/aromatic N) is 4. The highest BCUT2D eigenvalue weighted by Gasteiger charge is 2.47. The normalized spacial score (nSPS) is 19.0. The molecule has 170 valence electrons. The highest BCUT2D eigenvalue weighted by Crippen LogP contribution is 2.40. The number of imidazole rings is 1. The monoisotopic (exact) mass is 446 g/mol. The molecular weight excluding hydrogens is 420 g/mol. The summed E-state index contributed by atoms with van der Waals surface area (Å²) in [5, 5.41) is 5.86. The maximum Gasteiger partial charge on any atom is 0.321 e. The number of piperidine rings is 1. The number of anilines is 1. The van der Waals surface area contributed by atoms with Gasteiger partial charge in [-0.1, -0.05) is 24.3 Å². The van der Waals surface area contributed by atoms with E-state index in [4.69, 9.17) is 4.74 Å². The lowest BCUT2D eigenvalue weighted by atomic mass is 9.88. The number of ether oxygens (including phenoxy) is 1. The fourth-order valence-corrected chi connectivity index (χ4v) is 4.46. The van der Waals surface area contributed by atoms with E-state index >= 15 is 0 Å². The molecule has 33 heavy (non-hydrogen) atoms. The molecule has 5 rings (SSSR count). The first-order valence-electron chi connectivity index (χ1n) is 11.1. The zero-order chi connectivity index (χ0) is 22.7. The van der Waals surface area contributed by atoms with Gasteiger partial charge < -0.3 is 24.8 Å². The summed E-state index contributed by atoms with van der Waals surface area (Å²) in [6, 6.07) is 14.9. The molecule has 4 heterocycles. The number of para-hydroxylation sites is 1. The topological polar surface area (TPSA) is 101 Å². The van der Waals surface area contributed by atoms with Crippen molar-refractivity contribution < 1.29 is 14.3 Å². The number of pyridine rings is 1. The number of aromatic nitrogens is 3. The lowest BCUT2D eigenvalue weighted by molar-refractivity contribution is -0.171. The van der Waals surface area contributed by atoms with E-state index < -0.39 is 11.7 Å². The van der Waals surface area contributed by atoms with Crippen LogP contribution in [-0.2, 0) is 28.2 Å². The van der Waals surface area contributed by atoms with Crippen molar-refractivity contribution >= 4 is 17.6 Å². The van der Waals surface area contributed by atoms with E-state index in [0.717, 1.165) is 17.2 Å². The molecule has 9 heteroatoms. The lowest BCUT2D eigenvalue weighted by Crippen LogP contribution is -2.55. The van der Waals surface area contributed by atoms with E-state index in [1.807, 2.05) is 59.3 Å². The molecule has 0 bridgehead atoms. The van der Waals surface area contributed by atoms with Crippen LogP contribution < -0.4 is 10.6 Å². The van der Waals surface area contributed by atoms with Crippen LogP contribution in [0, 0.1) is 0 Å². The van der Waals surface area contributed by atoms with Crippen LogP contribution in [0.1, 0.15) is 24.4 Å². The second-order valence-corrected chi connectivity index (χ2v) is 8.33. The Morgan fingerprint density at radius 1 is 1.03 bits per heavy atom. The molecule has 1 atom stereocenters. The van der Waals surface area contributed by atoms with E-state index in [0.29, 0.717) is 39.0 Å². The first kappa shape index (κ1) is 21.1. The molecule has 1 unspecified atom stereocenters. The highest BCUT2D eigenvalue weighted by atomic mass is 16.5. The molecule has 2 aliphatic rings. The molecule has 0 aliphatic carbocycles. The van der Waals surface area contributed by atoms with Gasteiger partial charge in [-0.05, 0) is 24.3 Å². The zero-order valence-electron chi connectivity index (χ0n) is 18.2. The largest absolute Gasteiger partial charge is 0.352 e. The van der Waals surface area contributed by atoms with Crippen LogP contribution in [-0.4, -0.2) is 50.6 Å². The average molecular weight is 447 g/mol. The van der Waals surface area contributed by atoms with Crippen molar-refractivity contribution in [3.8, 4) is 0 Å². The van der Waals surface area contributed by atoms with Gasteiger partial charge in [0.1, 0.15) is 11.4 Å². The van der Waals surface area contributed by atoms with Crippen molar-refractivity contribution in [2.24, 2.45) is 0 Å². The first-order valence-corrected chi connectivity index (χ1v) is 11.1. The van der Waals surface area contributed by atoms with Gasteiger partial charge >= 0.3 is 6.03 Å². The van der Waals surface area contributed by atoms with Crippen molar-refractivity contribution in [2.75, 3.05) is 18.4 Å². The van der Waals surface area contributed by atoms with E-state index in [1.54, 1.807) is 17.3 Å². The number of likely N-dealkylation sites (tertiary alicyclic amines) is 1. The molecule has 1 aromatic carbocycles. The number of urea groups is 1. The van der Waals surface area contributed by atoms with Crippen molar-refractivity contribution in [2.45, 2.75) is 37.6 Å². The third-order valence-electron chi connectivity index (χ3n) is 6.20. The second kappa shape index (κ2) is 9.03. The maximum atomic E-state index is 12.9. The van der Waals surface area contributed by atoms with Crippen LogP contribution in [0.2, 0.25) is 0 Å². The summed E-state index contributed by atoms with van der Waals surface area (Å²) in [5.41, 5.74) is 0.854. The summed E-state index contributed by atoms with van der Waals surface area (Å²) >= 11 is 0. The fourth-order valence-electron chi connectivity index (χ4n) is 4.46. The van der Waals surface area contributed by atoms with Crippen molar-refractivity contribution in [1.82, 2.24) is 24.8 Å². The first-order chi connectivity index (χ1) is 16.1. The second-order valence-electron chi connectivity index (χ2n) is 8.33. The Bertz CT molecular complexity index is 1110. The Kier molecular flexibility index (Phi) is 5.78. The third kappa shape index (κ3) is 4.45. The standard InChI is InChI=1S/C24H26N6O3/c31-21(27-16-19-8-4-5-11-25-19)20-17-30-15-12-26-22(30)24(33-20)9-13-29(14-10-24)23(32)28-18-6-2-1-3-7-18/h1-8,11-12,15,20H,9-10,13-14,16-17H2,(H,27,31)(H,28,32). The van der Waals surface area contributed by atoms with Gasteiger partial charge in [0, 0.05) is 50.2 Å². The summed E-state index contributed by atoms with van der Waals surface area (Å²) in [4.78, 5) is 36.2. The summed E-state index contributed by atoms with van der Waals surface area (Å²) < 4.78 is 8.42. The maximum absolute atomic E-state index is 12.9. The summed E-state index contributed by atoms with van der Waals surface area (Å²) in [6.07, 6.45) is 5.82. The van der Waals surface area contributed by atoms with Crippen LogP contribution in [0.15, 0.2) is 67.1 Å². The molecule has 2 aromatic heterocycles. The van der Waals surface area contributed by atoms with Gasteiger partial charge in [-0.2, -0.15) is 0 Å². The van der Waals surface area contributed by atoms with Crippen LogP contribution >= 0.6 is 0 Å². The molecular formula is C24H26N6O3. The minimum absolute atomic E-state index is 0.139. The minimum Gasteiger partial charge on any atom is -0.352 e. The number of rotatable bonds is 4. The third-order valence-corrected chi connectivity index (χ3v) is 6.20. The fraction of sp³-hybridized carbons (Fsp3) is 0.333. The van der Waals surface area contributed by atoms with E-state index in [9.17, 15) is 9.59 Å². The smallest absolute Gasteiger partial charge is 0.321 e. The number of amides is 3. The van der Waals surface area contributed by atoms with E-state index in [-0.39, 0.29) is 11.9 Å². The number of benzene rings is 1. The van der Waals surface area contributed by atoms with Gasteiger partial charge in [-0.25, -0.2) is 9.78 Å². The van der Waals surface area contributed by atoms with E-state index in [1.165, 1.54) is 0 Å². The van der Waals surface area contributed by atoms with Crippen molar-refractivity contribution in [1.29, 1.82) is 0 Å². The molecule has 0 saturated carbocycles. The molecule has 1 spiro atoms. The number of hydrogen-bond donors (Lipinski definition) is 2. The van der Waals surface area contributed by atoms with Crippen LogP contribution in [0.25, 0.3) is 0 Å². The Labute approximate surface area is 191 Å². The molecule has 1 saturated heterocycles. The van der Waals surface area contributed by atoms with Crippen LogP contribution in [0.3, 0.4) is 0 Å². The molecule has 9 nitrogen and oxygen atoms in total. The Morgan fingerprint density at radius 3 is 2.58 bits per heavy atom. The Hall–Kier alpha value is -3.72. The predicted molar refractivity (Wildman–Crippen MR) is 121 cm³/mol. The molecule has 3 amide bonds. The molecule has 0 radical (unpaired) electrons. The van der Waals surface area contributed by atoms with Gasteiger partial charge in [-0.15, -0.1) is 0 Å². The zero-order valence-corrected chi connectivity index (χ0v) is 18.2. The summed E-state index contributed by atoms with van der Waals surface area (Å²) in [6.45, 7) is 1.77. The number of hydrogen-bond acceptors (Lipinski definition) is 5. The SMILES string of the molecule is O=C(NCc1ccccn1)C1Cn2ccnc2C2(CCN(C(=O)Nc3ccccc3)CC2)O1. The average Bonchev–Trinajstić information content (AvgIpc) is 3.34. The molecule has 1 fully saturated rings. The van der Waals surface area contributed by atoms with Gasteiger partial charge in [0.2, 0.25) is 0 Å². The number of carbonyl (C=O) groups is 2. The van der Waals surface area contributed by atoms with Gasteiger partial charge in [0.25, 0.3) is 5.91 Å². The van der Waals surface area contributed by atoms with Crippen molar-refractivity contribution in [3.63, 3.8) is 0 Å². The van der Waals surface area contributed by atoms with Crippen LogP contribution in [0.4, 0.5) is 10.5 Å². The Balaban J connectivity index is 1.25. The molecule has 2 aliphatic heterocycles. The van der Waals surface area contributed by atoms with Crippen LogP contribution in [0.5, 0.6) is 0 Å². The highest BCUT2D eigenvalue weighted by molar-refractivity contribution is 5.89. The predicted octanol–water partition coefficient (Wildman–Crippen LogP) is 2.52. The Morgan fingerprint density at radius 2 is 1.82 bits per heavy atom.